The first-order valence-corrected chi connectivity index (χ1v) is 5.64. The number of hydrogen-bond acceptors (Lipinski definition) is 3. The third-order valence-corrected chi connectivity index (χ3v) is 3.22. The number of carbonyl (C=O) groups is 1. The lowest BCUT2D eigenvalue weighted by atomic mass is 9.82. The lowest BCUT2D eigenvalue weighted by molar-refractivity contribution is -0.144. The predicted octanol–water partition coefficient (Wildman–Crippen LogP) is 1.82. The molecule has 4 heteroatoms. The Morgan fingerprint density at radius 2 is 2.06 bits per heavy atom. The molecule has 1 unspecified atom stereocenters. The molecule has 1 saturated heterocycles. The number of rotatable bonds is 3. The molecule has 1 aromatic carbocycles. The Balaban J connectivity index is 2.23. The van der Waals surface area contributed by atoms with Gasteiger partial charge in [0.25, 0.3) is 0 Å². The van der Waals surface area contributed by atoms with E-state index in [9.17, 15) is 4.79 Å². The van der Waals surface area contributed by atoms with E-state index >= 15 is 0 Å². The molecule has 0 amide bonds. The first-order valence-electron chi connectivity index (χ1n) is 5.26. The number of esters is 1. The van der Waals surface area contributed by atoms with Gasteiger partial charge < -0.3 is 10.1 Å². The van der Waals surface area contributed by atoms with Gasteiger partial charge in [0.2, 0.25) is 0 Å². The minimum absolute atomic E-state index is 0.172. The van der Waals surface area contributed by atoms with E-state index in [2.05, 4.69) is 5.32 Å². The van der Waals surface area contributed by atoms with Crippen LogP contribution in [0.2, 0.25) is 5.02 Å². The van der Waals surface area contributed by atoms with Crippen molar-refractivity contribution in [1.82, 2.24) is 5.32 Å². The smallest absolute Gasteiger partial charge is 0.313 e. The summed E-state index contributed by atoms with van der Waals surface area (Å²) in [5.74, 6) is -0.0223. The molecular weight excluding hydrogens is 226 g/mol. The summed E-state index contributed by atoms with van der Waals surface area (Å²) in [6, 6.07) is 7.39. The number of carbonyl (C=O) groups excluding carboxylic acids is 1. The number of halogens is 1. The van der Waals surface area contributed by atoms with Gasteiger partial charge in [0, 0.05) is 24.0 Å². The van der Waals surface area contributed by atoms with Gasteiger partial charge in [-0.2, -0.15) is 0 Å². The predicted molar refractivity (Wildman–Crippen MR) is 62.6 cm³/mol. The Morgan fingerprint density at radius 3 is 2.50 bits per heavy atom. The van der Waals surface area contributed by atoms with Gasteiger partial charge in [-0.1, -0.05) is 23.7 Å². The van der Waals surface area contributed by atoms with E-state index in [-0.39, 0.29) is 11.9 Å². The van der Waals surface area contributed by atoms with Crippen molar-refractivity contribution in [3.8, 4) is 0 Å². The van der Waals surface area contributed by atoms with Crippen molar-refractivity contribution < 1.29 is 9.53 Å². The molecule has 1 N–H and O–H groups in total. The van der Waals surface area contributed by atoms with Gasteiger partial charge in [-0.3, -0.25) is 4.79 Å². The molecule has 86 valence electrons. The van der Waals surface area contributed by atoms with E-state index < -0.39 is 0 Å². The molecule has 1 aliphatic heterocycles. The first-order chi connectivity index (χ1) is 7.72. The monoisotopic (exact) mass is 239 g/mol. The number of methoxy groups -OCH3 is 1. The molecule has 0 spiro atoms. The Kier molecular flexibility index (Phi) is 3.46. The maximum absolute atomic E-state index is 11.7. The highest BCUT2D eigenvalue weighted by atomic mass is 35.5. The molecule has 0 radical (unpaired) electrons. The topological polar surface area (TPSA) is 38.3 Å². The van der Waals surface area contributed by atoms with Crippen LogP contribution in [-0.4, -0.2) is 26.2 Å². The van der Waals surface area contributed by atoms with Crippen molar-refractivity contribution in [3.05, 3.63) is 34.9 Å². The van der Waals surface area contributed by atoms with Gasteiger partial charge in [-0.25, -0.2) is 0 Å². The third kappa shape index (κ3) is 2.20. The van der Waals surface area contributed by atoms with Crippen molar-refractivity contribution >= 4 is 17.6 Å². The average molecular weight is 240 g/mol. The lowest BCUT2D eigenvalue weighted by Gasteiger charge is -2.33. The van der Waals surface area contributed by atoms with Crippen LogP contribution in [0.25, 0.3) is 0 Å². The molecule has 0 saturated carbocycles. The maximum Gasteiger partial charge on any atom is 0.313 e. The average Bonchev–Trinajstić information content (AvgIpc) is 2.24. The SMILES string of the molecule is COC(=O)C(c1ccc(Cl)cc1)C1CNC1. The van der Waals surface area contributed by atoms with Gasteiger partial charge in [0.05, 0.1) is 13.0 Å². The second kappa shape index (κ2) is 4.85. The molecule has 1 aliphatic rings. The van der Waals surface area contributed by atoms with Crippen LogP contribution in [0.3, 0.4) is 0 Å². The summed E-state index contributed by atoms with van der Waals surface area (Å²) >= 11 is 5.83. The van der Waals surface area contributed by atoms with Crippen LogP contribution in [0.1, 0.15) is 11.5 Å². The second-order valence-corrected chi connectivity index (χ2v) is 4.41. The molecule has 1 atom stereocenters. The van der Waals surface area contributed by atoms with Crippen LogP contribution in [0, 0.1) is 5.92 Å². The van der Waals surface area contributed by atoms with E-state index in [4.69, 9.17) is 16.3 Å². The minimum atomic E-state index is -0.177. The van der Waals surface area contributed by atoms with Crippen molar-refractivity contribution in [2.75, 3.05) is 20.2 Å². The standard InChI is InChI=1S/C12H14ClNO2/c1-16-12(15)11(9-6-14-7-9)8-2-4-10(13)5-3-8/h2-5,9,11,14H,6-7H2,1H3. The van der Waals surface area contributed by atoms with E-state index in [0.29, 0.717) is 10.9 Å². The van der Waals surface area contributed by atoms with Gasteiger partial charge >= 0.3 is 5.97 Å². The Labute approximate surface area is 99.7 Å². The van der Waals surface area contributed by atoms with E-state index in [1.807, 2.05) is 12.1 Å². The highest BCUT2D eigenvalue weighted by molar-refractivity contribution is 6.30. The maximum atomic E-state index is 11.7. The molecule has 3 nitrogen and oxygen atoms in total. The first kappa shape index (κ1) is 11.4. The number of hydrogen-bond donors (Lipinski definition) is 1. The van der Waals surface area contributed by atoms with Crippen LogP contribution in [-0.2, 0) is 9.53 Å². The molecule has 0 aliphatic carbocycles. The van der Waals surface area contributed by atoms with Gasteiger partial charge in [-0.15, -0.1) is 0 Å². The quantitative estimate of drug-likeness (QED) is 0.818. The van der Waals surface area contributed by atoms with Crippen molar-refractivity contribution in [1.29, 1.82) is 0 Å². The van der Waals surface area contributed by atoms with Crippen LogP contribution in [0.15, 0.2) is 24.3 Å². The molecule has 1 heterocycles. The summed E-state index contributed by atoms with van der Waals surface area (Å²) < 4.78 is 4.85. The molecule has 1 aromatic rings. The van der Waals surface area contributed by atoms with Crippen molar-refractivity contribution in [2.24, 2.45) is 5.92 Å². The summed E-state index contributed by atoms with van der Waals surface area (Å²) in [6.07, 6.45) is 0. The summed E-state index contributed by atoms with van der Waals surface area (Å²) in [7, 11) is 1.43. The number of benzene rings is 1. The van der Waals surface area contributed by atoms with Crippen LogP contribution in [0.4, 0.5) is 0 Å². The molecule has 1 fully saturated rings. The number of nitrogens with one attached hydrogen (secondary N) is 1. The summed E-state index contributed by atoms with van der Waals surface area (Å²) in [5, 5.41) is 3.85. The zero-order valence-electron chi connectivity index (χ0n) is 9.07. The Hall–Kier alpha value is -1.06. The normalized spacial score (nSPS) is 17.6. The lowest BCUT2D eigenvalue weighted by Crippen LogP contribution is -2.47. The zero-order chi connectivity index (χ0) is 11.5. The van der Waals surface area contributed by atoms with E-state index in [0.717, 1.165) is 18.7 Å². The molecule has 16 heavy (non-hydrogen) atoms. The fraction of sp³-hybridized carbons (Fsp3) is 0.417. The summed E-state index contributed by atoms with van der Waals surface area (Å²) in [6.45, 7) is 1.73. The van der Waals surface area contributed by atoms with Crippen molar-refractivity contribution in [2.45, 2.75) is 5.92 Å². The molecule has 2 rings (SSSR count). The highest BCUT2D eigenvalue weighted by Crippen LogP contribution is 2.29. The van der Waals surface area contributed by atoms with Crippen LogP contribution in [0.5, 0.6) is 0 Å². The molecule has 0 aromatic heterocycles. The Bertz CT molecular complexity index is 373. The molecular formula is C12H14ClNO2. The van der Waals surface area contributed by atoms with Crippen LogP contribution >= 0.6 is 11.6 Å². The van der Waals surface area contributed by atoms with Gasteiger partial charge in [0.1, 0.15) is 0 Å². The molecule has 0 bridgehead atoms. The number of ether oxygens (including phenoxy) is 1. The minimum Gasteiger partial charge on any atom is -0.469 e. The third-order valence-electron chi connectivity index (χ3n) is 2.97. The van der Waals surface area contributed by atoms with E-state index in [1.54, 1.807) is 12.1 Å². The van der Waals surface area contributed by atoms with Gasteiger partial charge in [-0.05, 0) is 17.7 Å². The fourth-order valence-corrected chi connectivity index (χ4v) is 2.07. The summed E-state index contributed by atoms with van der Waals surface area (Å²) in [5.41, 5.74) is 0.975. The largest absolute Gasteiger partial charge is 0.469 e. The Morgan fingerprint density at radius 1 is 1.44 bits per heavy atom. The van der Waals surface area contributed by atoms with Crippen LogP contribution < -0.4 is 5.32 Å². The second-order valence-electron chi connectivity index (χ2n) is 3.97. The highest BCUT2D eigenvalue weighted by Gasteiger charge is 2.34. The fourth-order valence-electron chi connectivity index (χ4n) is 1.94. The summed E-state index contributed by atoms with van der Waals surface area (Å²) in [4.78, 5) is 11.7. The zero-order valence-corrected chi connectivity index (χ0v) is 9.83. The van der Waals surface area contributed by atoms with Gasteiger partial charge in [0.15, 0.2) is 0 Å². The van der Waals surface area contributed by atoms with E-state index in [1.165, 1.54) is 7.11 Å². The van der Waals surface area contributed by atoms with Crippen molar-refractivity contribution in [3.63, 3.8) is 0 Å².